The molecule has 0 bridgehead atoms. The van der Waals surface area contributed by atoms with Gasteiger partial charge in [-0.1, -0.05) is 41.4 Å². The summed E-state index contributed by atoms with van der Waals surface area (Å²) in [5, 5.41) is 10.4. The topological polar surface area (TPSA) is 62.4 Å². The lowest BCUT2D eigenvalue weighted by Crippen LogP contribution is -2.16. The molecule has 22 heavy (non-hydrogen) atoms. The quantitative estimate of drug-likeness (QED) is 0.714. The van der Waals surface area contributed by atoms with Crippen LogP contribution in [-0.2, 0) is 0 Å². The zero-order chi connectivity index (χ0) is 15.5. The van der Waals surface area contributed by atoms with Gasteiger partial charge in [-0.05, 0) is 24.3 Å². The molecule has 0 saturated carbocycles. The molecule has 0 aliphatic rings. The van der Waals surface area contributed by atoms with Crippen LogP contribution in [-0.4, -0.2) is 23.7 Å². The van der Waals surface area contributed by atoms with Crippen molar-refractivity contribution in [1.29, 1.82) is 0 Å². The molecule has 0 aliphatic heterocycles. The van der Waals surface area contributed by atoms with Crippen LogP contribution in [0.15, 0.2) is 42.5 Å². The van der Waals surface area contributed by atoms with Gasteiger partial charge in [-0.3, -0.25) is 0 Å². The molecule has 0 unspecified atom stereocenters. The fourth-order valence-corrected chi connectivity index (χ4v) is 2.93. The molecule has 4 nitrogen and oxygen atoms in total. The minimum Gasteiger partial charge on any atom is -0.506 e. The lowest BCUT2D eigenvalue weighted by molar-refractivity contribution is 0.480. The number of aromatic nitrogens is 1. The number of nitrogens with zero attached hydrogens (tertiary/aromatic N) is 2. The number of hydrogen-bond acceptors (Lipinski definition) is 5. The fourth-order valence-electron chi connectivity index (χ4n) is 2.14. The SMILES string of the molecule is CN(CC#Cc1cc(O)c2nc(N)sc2c1)c1ccccc1. The Bertz CT molecular complexity index is 862. The molecular weight excluding hydrogens is 294 g/mol. The van der Waals surface area contributed by atoms with Gasteiger partial charge in [-0.15, -0.1) is 0 Å². The van der Waals surface area contributed by atoms with E-state index in [9.17, 15) is 5.11 Å². The van der Waals surface area contributed by atoms with Crippen LogP contribution in [0, 0.1) is 11.8 Å². The average Bonchev–Trinajstić information content (AvgIpc) is 2.89. The van der Waals surface area contributed by atoms with Crippen LogP contribution in [0.4, 0.5) is 10.8 Å². The van der Waals surface area contributed by atoms with E-state index in [1.807, 2.05) is 43.4 Å². The number of hydrogen-bond donors (Lipinski definition) is 2. The molecule has 5 heteroatoms. The first-order chi connectivity index (χ1) is 10.6. The second-order valence-electron chi connectivity index (χ2n) is 4.89. The molecule has 0 amide bonds. The maximum Gasteiger partial charge on any atom is 0.181 e. The first-order valence-electron chi connectivity index (χ1n) is 6.77. The Morgan fingerprint density at radius 3 is 2.82 bits per heavy atom. The van der Waals surface area contributed by atoms with Crippen molar-refractivity contribution in [2.45, 2.75) is 0 Å². The fraction of sp³-hybridized carbons (Fsp3) is 0.118. The number of benzene rings is 2. The summed E-state index contributed by atoms with van der Waals surface area (Å²) in [5.41, 5.74) is 8.08. The summed E-state index contributed by atoms with van der Waals surface area (Å²) >= 11 is 1.35. The summed E-state index contributed by atoms with van der Waals surface area (Å²) in [5.74, 6) is 6.31. The van der Waals surface area contributed by atoms with Gasteiger partial charge in [0, 0.05) is 18.3 Å². The number of rotatable bonds is 2. The first kappa shape index (κ1) is 14.2. The van der Waals surface area contributed by atoms with Gasteiger partial charge in [0.2, 0.25) is 0 Å². The summed E-state index contributed by atoms with van der Waals surface area (Å²) in [4.78, 5) is 6.16. The number of fused-ring (bicyclic) bond motifs is 1. The van der Waals surface area contributed by atoms with Crippen molar-refractivity contribution in [3.63, 3.8) is 0 Å². The van der Waals surface area contributed by atoms with Crippen molar-refractivity contribution in [2.75, 3.05) is 24.2 Å². The van der Waals surface area contributed by atoms with E-state index in [0.717, 1.165) is 16.0 Å². The lowest BCUT2D eigenvalue weighted by Gasteiger charge is -2.15. The summed E-state index contributed by atoms with van der Waals surface area (Å²) in [6, 6.07) is 13.6. The van der Waals surface area contributed by atoms with Gasteiger partial charge in [-0.25, -0.2) is 4.98 Å². The molecule has 1 aromatic heterocycles. The number of phenolic OH excluding ortho intramolecular Hbond substituents is 1. The normalized spacial score (nSPS) is 10.2. The number of anilines is 2. The van der Waals surface area contributed by atoms with Crippen LogP contribution >= 0.6 is 11.3 Å². The van der Waals surface area contributed by atoms with Gasteiger partial charge in [0.15, 0.2) is 5.13 Å². The van der Waals surface area contributed by atoms with Crippen LogP contribution in [0.2, 0.25) is 0 Å². The molecule has 3 N–H and O–H groups in total. The molecule has 0 saturated heterocycles. The number of para-hydroxylation sites is 1. The Hall–Kier alpha value is -2.71. The van der Waals surface area contributed by atoms with Gasteiger partial charge in [0.05, 0.1) is 11.2 Å². The molecular formula is C17H15N3OS. The molecule has 0 spiro atoms. The van der Waals surface area contributed by atoms with E-state index in [1.165, 1.54) is 11.3 Å². The number of thiazole rings is 1. The van der Waals surface area contributed by atoms with E-state index < -0.39 is 0 Å². The predicted molar refractivity (Wildman–Crippen MR) is 92.3 cm³/mol. The maximum absolute atomic E-state index is 9.96. The molecule has 0 fully saturated rings. The number of nitrogens with two attached hydrogens (primary N) is 1. The molecule has 0 aliphatic carbocycles. The van der Waals surface area contributed by atoms with Gasteiger partial charge >= 0.3 is 0 Å². The Morgan fingerprint density at radius 2 is 2.05 bits per heavy atom. The number of aromatic hydroxyl groups is 1. The van der Waals surface area contributed by atoms with E-state index >= 15 is 0 Å². The molecule has 3 aromatic rings. The van der Waals surface area contributed by atoms with E-state index in [0.29, 0.717) is 17.2 Å². The minimum absolute atomic E-state index is 0.117. The van der Waals surface area contributed by atoms with E-state index in [2.05, 4.69) is 21.7 Å². The minimum atomic E-state index is 0.117. The Labute approximate surface area is 132 Å². The summed E-state index contributed by atoms with van der Waals surface area (Å²) in [6.07, 6.45) is 0. The van der Waals surface area contributed by atoms with E-state index in [-0.39, 0.29) is 5.75 Å². The first-order valence-corrected chi connectivity index (χ1v) is 7.59. The predicted octanol–water partition coefficient (Wildman–Crippen LogP) is 3.07. The van der Waals surface area contributed by atoms with Crippen LogP contribution < -0.4 is 10.6 Å². The second kappa shape index (κ2) is 5.96. The zero-order valence-corrected chi connectivity index (χ0v) is 12.9. The summed E-state index contributed by atoms with van der Waals surface area (Å²) < 4.78 is 0.846. The lowest BCUT2D eigenvalue weighted by atomic mass is 10.2. The van der Waals surface area contributed by atoms with Crippen LogP contribution in [0.3, 0.4) is 0 Å². The van der Waals surface area contributed by atoms with Crippen molar-refractivity contribution in [1.82, 2.24) is 4.98 Å². The Balaban J connectivity index is 1.79. The molecule has 0 radical (unpaired) electrons. The third kappa shape index (κ3) is 2.97. The van der Waals surface area contributed by atoms with Crippen LogP contribution in [0.25, 0.3) is 10.2 Å². The van der Waals surface area contributed by atoms with Crippen molar-refractivity contribution in [3.05, 3.63) is 48.0 Å². The highest BCUT2D eigenvalue weighted by atomic mass is 32.1. The van der Waals surface area contributed by atoms with Gasteiger partial charge < -0.3 is 15.7 Å². The van der Waals surface area contributed by atoms with Crippen molar-refractivity contribution >= 4 is 32.4 Å². The molecule has 110 valence electrons. The molecule has 1 heterocycles. The Morgan fingerprint density at radius 1 is 1.27 bits per heavy atom. The molecule has 2 aromatic carbocycles. The monoisotopic (exact) mass is 309 g/mol. The summed E-state index contributed by atoms with van der Waals surface area (Å²) in [6.45, 7) is 0.605. The van der Waals surface area contributed by atoms with Crippen molar-refractivity contribution < 1.29 is 5.11 Å². The van der Waals surface area contributed by atoms with Crippen molar-refractivity contribution in [3.8, 4) is 17.6 Å². The largest absolute Gasteiger partial charge is 0.506 e. The summed E-state index contributed by atoms with van der Waals surface area (Å²) in [7, 11) is 1.99. The number of nitrogen functional groups attached to an aromatic ring is 1. The highest BCUT2D eigenvalue weighted by Gasteiger charge is 2.07. The molecule has 3 rings (SSSR count). The van der Waals surface area contributed by atoms with E-state index in [4.69, 9.17) is 5.73 Å². The maximum atomic E-state index is 9.96. The number of phenols is 1. The van der Waals surface area contributed by atoms with Gasteiger partial charge in [0.1, 0.15) is 11.3 Å². The van der Waals surface area contributed by atoms with Crippen molar-refractivity contribution in [2.24, 2.45) is 0 Å². The van der Waals surface area contributed by atoms with E-state index in [1.54, 1.807) is 6.07 Å². The standard InChI is InChI=1S/C17H15N3OS/c1-20(13-7-3-2-4-8-13)9-5-6-12-10-14(21)16-15(11-12)22-17(18)19-16/h2-4,7-8,10-11,21H,9H2,1H3,(H2,18,19). The second-order valence-corrected chi connectivity index (χ2v) is 5.95. The smallest absolute Gasteiger partial charge is 0.181 e. The van der Waals surface area contributed by atoms with Gasteiger partial charge in [-0.2, -0.15) is 0 Å². The third-order valence-electron chi connectivity index (χ3n) is 3.24. The average molecular weight is 309 g/mol. The van der Waals surface area contributed by atoms with Gasteiger partial charge in [0.25, 0.3) is 0 Å². The third-order valence-corrected chi connectivity index (χ3v) is 4.07. The molecule has 0 atom stereocenters. The van der Waals surface area contributed by atoms with Crippen LogP contribution in [0.5, 0.6) is 5.75 Å². The zero-order valence-electron chi connectivity index (χ0n) is 12.1. The Kier molecular flexibility index (Phi) is 3.86. The highest BCUT2D eigenvalue weighted by molar-refractivity contribution is 7.22. The van der Waals surface area contributed by atoms with Crippen LogP contribution in [0.1, 0.15) is 5.56 Å². The highest BCUT2D eigenvalue weighted by Crippen LogP contribution is 2.31.